The third-order valence-electron chi connectivity index (χ3n) is 5.69. The van der Waals surface area contributed by atoms with E-state index in [4.69, 9.17) is 5.10 Å². The zero-order valence-electron chi connectivity index (χ0n) is 18.6. The first kappa shape index (κ1) is 21.8. The lowest BCUT2D eigenvalue weighted by Gasteiger charge is -2.18. The second kappa shape index (κ2) is 10.3. The molecule has 3 aromatic rings. The number of hydrogen-bond donors (Lipinski definition) is 2. The van der Waals surface area contributed by atoms with Gasteiger partial charge >= 0.3 is 0 Å². The lowest BCUT2D eigenvalue weighted by atomic mass is 10.1. The fourth-order valence-electron chi connectivity index (χ4n) is 3.79. The van der Waals surface area contributed by atoms with Crippen molar-refractivity contribution in [1.29, 1.82) is 0 Å². The Hall–Kier alpha value is -2.86. The van der Waals surface area contributed by atoms with Gasteiger partial charge in [0.15, 0.2) is 0 Å². The second-order valence-corrected chi connectivity index (χ2v) is 7.89. The van der Waals surface area contributed by atoms with Crippen LogP contribution in [0.4, 0.5) is 0 Å². The molecule has 0 bridgehead atoms. The molecule has 0 spiro atoms. The molecule has 0 saturated heterocycles. The summed E-state index contributed by atoms with van der Waals surface area (Å²) in [6.07, 6.45) is 4.06. The molecule has 0 unspecified atom stereocenters. The smallest absolute Gasteiger partial charge is 0.270 e. The summed E-state index contributed by atoms with van der Waals surface area (Å²) in [5.41, 5.74) is 3.20. The van der Waals surface area contributed by atoms with E-state index in [1.807, 2.05) is 66.3 Å². The highest BCUT2D eigenvalue weighted by Gasteiger charge is 2.20. The van der Waals surface area contributed by atoms with E-state index in [9.17, 15) is 4.79 Å². The summed E-state index contributed by atoms with van der Waals surface area (Å²) < 4.78 is 3.75. The molecule has 0 aliphatic rings. The Labute approximate surface area is 179 Å². The molecule has 2 heterocycles. The van der Waals surface area contributed by atoms with Crippen molar-refractivity contribution in [3.8, 4) is 17.1 Å². The highest BCUT2D eigenvalue weighted by Crippen LogP contribution is 2.22. The van der Waals surface area contributed by atoms with Gasteiger partial charge < -0.3 is 14.8 Å². The summed E-state index contributed by atoms with van der Waals surface area (Å²) in [7, 11) is 1.98. The zero-order valence-corrected chi connectivity index (χ0v) is 18.6. The van der Waals surface area contributed by atoms with Crippen molar-refractivity contribution in [3.05, 3.63) is 60.4 Å². The Morgan fingerprint density at radius 1 is 1.13 bits per heavy atom. The van der Waals surface area contributed by atoms with Crippen molar-refractivity contribution < 1.29 is 9.69 Å². The van der Waals surface area contributed by atoms with E-state index < -0.39 is 0 Å². The number of para-hydroxylation sites is 1. The van der Waals surface area contributed by atoms with Gasteiger partial charge in [0.05, 0.1) is 31.0 Å². The van der Waals surface area contributed by atoms with E-state index in [0.29, 0.717) is 5.69 Å². The van der Waals surface area contributed by atoms with Gasteiger partial charge in [-0.3, -0.25) is 4.79 Å². The molecule has 0 radical (unpaired) electrons. The van der Waals surface area contributed by atoms with Crippen LogP contribution >= 0.6 is 0 Å². The van der Waals surface area contributed by atoms with Crippen LogP contribution in [0.1, 0.15) is 44.1 Å². The van der Waals surface area contributed by atoms with E-state index in [0.717, 1.165) is 49.6 Å². The average Bonchev–Trinajstić information content (AvgIpc) is 3.38. The second-order valence-electron chi connectivity index (χ2n) is 7.89. The zero-order chi connectivity index (χ0) is 21.5. The molecule has 1 aromatic carbocycles. The van der Waals surface area contributed by atoms with Crippen molar-refractivity contribution in [2.75, 3.05) is 19.6 Å². The standard InChI is InChI=1S/C24H33N5O/c1-5-28(6-2)17-10-12-19(3)25-24(30)23-18-21(22-15-11-16-27(22)4)26-29(23)20-13-8-7-9-14-20/h7-9,11,13-16,18-19H,5-6,10,12,17H2,1-4H3,(H,25,30)/p+1/t19-/m0/s1. The van der Waals surface area contributed by atoms with E-state index in [2.05, 4.69) is 26.1 Å². The van der Waals surface area contributed by atoms with Crippen LogP contribution in [0.25, 0.3) is 17.1 Å². The predicted molar refractivity (Wildman–Crippen MR) is 121 cm³/mol. The quantitative estimate of drug-likeness (QED) is 0.542. The summed E-state index contributed by atoms with van der Waals surface area (Å²) >= 11 is 0. The van der Waals surface area contributed by atoms with E-state index in [1.165, 1.54) is 0 Å². The Balaban J connectivity index is 1.77. The van der Waals surface area contributed by atoms with Crippen LogP contribution in [0, 0.1) is 0 Å². The average molecular weight is 409 g/mol. The third kappa shape index (κ3) is 5.19. The third-order valence-corrected chi connectivity index (χ3v) is 5.69. The molecule has 0 aliphatic heterocycles. The molecule has 0 fully saturated rings. The van der Waals surface area contributed by atoms with Crippen molar-refractivity contribution in [2.24, 2.45) is 7.05 Å². The number of carbonyl (C=O) groups excluding carboxylic acids is 1. The minimum atomic E-state index is -0.0884. The van der Waals surface area contributed by atoms with Gasteiger partial charge in [-0.15, -0.1) is 0 Å². The van der Waals surface area contributed by atoms with Crippen molar-refractivity contribution >= 4 is 5.91 Å². The van der Waals surface area contributed by atoms with Crippen LogP contribution in [0.15, 0.2) is 54.7 Å². The number of quaternary nitrogens is 1. The van der Waals surface area contributed by atoms with Gasteiger partial charge in [-0.1, -0.05) is 18.2 Å². The molecule has 2 N–H and O–H groups in total. The van der Waals surface area contributed by atoms with Crippen molar-refractivity contribution in [3.63, 3.8) is 0 Å². The Morgan fingerprint density at radius 3 is 2.50 bits per heavy atom. The lowest BCUT2D eigenvalue weighted by Crippen LogP contribution is -3.11. The number of nitrogens with one attached hydrogen (secondary N) is 2. The molecule has 6 heteroatoms. The number of hydrogen-bond acceptors (Lipinski definition) is 2. The monoisotopic (exact) mass is 408 g/mol. The number of aryl methyl sites for hydroxylation is 1. The number of amides is 1. The normalized spacial score (nSPS) is 12.3. The van der Waals surface area contributed by atoms with Crippen LogP contribution < -0.4 is 10.2 Å². The predicted octanol–water partition coefficient (Wildman–Crippen LogP) is 2.70. The van der Waals surface area contributed by atoms with Gasteiger partial charge in [0.1, 0.15) is 11.4 Å². The molecular formula is C24H34N5O+. The Morgan fingerprint density at radius 2 is 1.87 bits per heavy atom. The SMILES string of the molecule is CC[NH+](CC)CCC[C@H](C)NC(=O)c1cc(-c2cccn2C)nn1-c1ccccc1. The molecule has 30 heavy (non-hydrogen) atoms. The van der Waals surface area contributed by atoms with Gasteiger partial charge in [0, 0.05) is 19.3 Å². The maximum absolute atomic E-state index is 13.1. The minimum absolute atomic E-state index is 0.0884. The number of carbonyl (C=O) groups is 1. The summed E-state index contributed by atoms with van der Waals surface area (Å²) in [6, 6.07) is 15.8. The number of aromatic nitrogens is 3. The van der Waals surface area contributed by atoms with Crippen LogP contribution in [0.2, 0.25) is 0 Å². The van der Waals surface area contributed by atoms with Gasteiger partial charge in [0.2, 0.25) is 0 Å². The van der Waals surface area contributed by atoms with E-state index >= 15 is 0 Å². The van der Waals surface area contributed by atoms with Crippen molar-refractivity contribution in [2.45, 2.75) is 39.7 Å². The molecule has 0 aliphatic carbocycles. The van der Waals surface area contributed by atoms with Crippen LogP contribution in [0.3, 0.4) is 0 Å². The van der Waals surface area contributed by atoms with Gasteiger partial charge in [0.25, 0.3) is 5.91 Å². The molecule has 1 amide bonds. The van der Waals surface area contributed by atoms with Gasteiger partial charge in [-0.05, 0) is 63.9 Å². The summed E-state index contributed by atoms with van der Waals surface area (Å²) in [6.45, 7) is 9.96. The van der Waals surface area contributed by atoms with Crippen LogP contribution in [-0.2, 0) is 7.05 Å². The maximum atomic E-state index is 13.1. The van der Waals surface area contributed by atoms with E-state index in [-0.39, 0.29) is 11.9 Å². The van der Waals surface area contributed by atoms with Gasteiger partial charge in [-0.25, -0.2) is 4.68 Å². The first-order valence-corrected chi connectivity index (χ1v) is 10.9. The van der Waals surface area contributed by atoms with E-state index in [1.54, 1.807) is 9.58 Å². The molecule has 0 saturated carbocycles. The molecule has 3 rings (SSSR count). The molecule has 6 nitrogen and oxygen atoms in total. The maximum Gasteiger partial charge on any atom is 0.270 e. The topological polar surface area (TPSA) is 56.3 Å². The summed E-state index contributed by atoms with van der Waals surface area (Å²) in [4.78, 5) is 14.7. The molecule has 160 valence electrons. The largest absolute Gasteiger partial charge is 0.349 e. The number of benzene rings is 1. The first-order chi connectivity index (χ1) is 14.5. The molecule has 2 aromatic heterocycles. The Kier molecular flexibility index (Phi) is 7.46. The van der Waals surface area contributed by atoms with Gasteiger partial charge in [-0.2, -0.15) is 5.10 Å². The van der Waals surface area contributed by atoms with Crippen molar-refractivity contribution in [1.82, 2.24) is 19.7 Å². The van der Waals surface area contributed by atoms with Crippen LogP contribution in [-0.4, -0.2) is 45.9 Å². The lowest BCUT2D eigenvalue weighted by molar-refractivity contribution is -0.896. The Bertz CT molecular complexity index is 940. The summed E-state index contributed by atoms with van der Waals surface area (Å²) in [5, 5.41) is 7.92. The first-order valence-electron chi connectivity index (χ1n) is 10.9. The molecule has 1 atom stereocenters. The highest BCUT2D eigenvalue weighted by atomic mass is 16.2. The van der Waals surface area contributed by atoms with Crippen LogP contribution in [0.5, 0.6) is 0 Å². The minimum Gasteiger partial charge on any atom is -0.349 e. The number of rotatable bonds is 10. The molecular weight excluding hydrogens is 374 g/mol. The fraction of sp³-hybridized carbons (Fsp3) is 0.417. The fourth-order valence-corrected chi connectivity index (χ4v) is 3.79. The highest BCUT2D eigenvalue weighted by molar-refractivity contribution is 5.94. The summed E-state index contributed by atoms with van der Waals surface area (Å²) in [5.74, 6) is -0.0884. The number of nitrogens with zero attached hydrogens (tertiary/aromatic N) is 3.